The smallest absolute Gasteiger partial charge is 0.251 e. The Morgan fingerprint density at radius 3 is 2.57 bits per heavy atom. The summed E-state index contributed by atoms with van der Waals surface area (Å²) in [6, 6.07) is 17.7. The van der Waals surface area contributed by atoms with E-state index in [9.17, 15) is 4.79 Å². The van der Waals surface area contributed by atoms with E-state index in [0.29, 0.717) is 18.1 Å². The van der Waals surface area contributed by atoms with Gasteiger partial charge in [0, 0.05) is 24.5 Å². The van der Waals surface area contributed by atoms with Crippen molar-refractivity contribution in [3.63, 3.8) is 0 Å². The van der Waals surface area contributed by atoms with Gasteiger partial charge in [0.2, 0.25) is 0 Å². The van der Waals surface area contributed by atoms with Crippen LogP contribution in [0.15, 0.2) is 67.0 Å². The number of imidazole rings is 1. The molecule has 1 amide bonds. The Morgan fingerprint density at radius 2 is 1.80 bits per heavy atom. The van der Waals surface area contributed by atoms with Crippen LogP contribution in [-0.2, 0) is 6.54 Å². The molecule has 0 spiro atoms. The minimum atomic E-state index is -0.236. The summed E-state index contributed by atoms with van der Waals surface area (Å²) < 4.78 is 8.40. The molecule has 1 atom stereocenters. The lowest BCUT2D eigenvalue weighted by Gasteiger charge is -2.17. The number of para-hydroxylation sites is 2. The molecule has 6 heteroatoms. The number of fused-ring (bicyclic) bond motifs is 1. The molecule has 0 aliphatic carbocycles. The fraction of sp³-hybridized carbons (Fsp3) is 0.345. The highest BCUT2D eigenvalue weighted by molar-refractivity contribution is 5.94. The zero-order valence-electron chi connectivity index (χ0n) is 21.0. The number of amides is 1. The molecule has 35 heavy (non-hydrogen) atoms. The van der Waals surface area contributed by atoms with Crippen molar-refractivity contribution in [1.29, 1.82) is 0 Å². The Balaban J connectivity index is 1.42. The van der Waals surface area contributed by atoms with Gasteiger partial charge in [-0.1, -0.05) is 38.1 Å². The molecule has 0 aliphatic rings. The van der Waals surface area contributed by atoms with Gasteiger partial charge in [-0.05, 0) is 74.1 Å². The van der Waals surface area contributed by atoms with Crippen LogP contribution in [0.2, 0.25) is 0 Å². The van der Waals surface area contributed by atoms with Gasteiger partial charge in [0.15, 0.2) is 0 Å². The molecule has 6 nitrogen and oxygen atoms in total. The summed E-state index contributed by atoms with van der Waals surface area (Å²) in [5, 5.41) is 3.08. The topological polar surface area (TPSA) is 69.0 Å². The molecule has 0 fully saturated rings. The van der Waals surface area contributed by atoms with E-state index >= 15 is 0 Å². The number of unbranched alkanes of at least 4 members (excludes halogenated alkanes) is 1. The minimum Gasteiger partial charge on any atom is -0.493 e. The number of aryl methyl sites for hydroxylation is 2. The van der Waals surface area contributed by atoms with Crippen LogP contribution < -0.4 is 10.1 Å². The van der Waals surface area contributed by atoms with E-state index in [0.717, 1.165) is 42.0 Å². The summed E-state index contributed by atoms with van der Waals surface area (Å²) in [6.07, 6.45) is 5.12. The molecule has 2 aromatic heterocycles. The van der Waals surface area contributed by atoms with Crippen LogP contribution in [0.25, 0.3) is 11.0 Å². The molecular weight excluding hydrogens is 436 g/mol. The van der Waals surface area contributed by atoms with Crippen LogP contribution >= 0.6 is 0 Å². The maximum atomic E-state index is 12.7. The quantitative estimate of drug-likeness (QED) is 0.280. The Kier molecular flexibility index (Phi) is 7.80. The van der Waals surface area contributed by atoms with Crippen molar-refractivity contribution in [1.82, 2.24) is 19.9 Å². The van der Waals surface area contributed by atoms with E-state index in [-0.39, 0.29) is 11.9 Å². The maximum absolute atomic E-state index is 12.7. The van der Waals surface area contributed by atoms with E-state index in [4.69, 9.17) is 9.72 Å². The molecule has 2 aromatic carbocycles. The van der Waals surface area contributed by atoms with E-state index in [1.807, 2.05) is 25.1 Å². The maximum Gasteiger partial charge on any atom is 0.251 e. The summed E-state index contributed by atoms with van der Waals surface area (Å²) >= 11 is 0. The summed E-state index contributed by atoms with van der Waals surface area (Å²) in [5.41, 5.74) is 5.06. The lowest BCUT2D eigenvalue weighted by atomic mass is 10.0. The molecule has 4 aromatic rings. The van der Waals surface area contributed by atoms with E-state index < -0.39 is 0 Å². The van der Waals surface area contributed by atoms with Crippen LogP contribution in [0.5, 0.6) is 5.75 Å². The lowest BCUT2D eigenvalue weighted by Crippen LogP contribution is -2.28. The third-order valence-corrected chi connectivity index (χ3v) is 6.19. The Bertz CT molecular complexity index is 1280. The first-order valence-corrected chi connectivity index (χ1v) is 12.3. The van der Waals surface area contributed by atoms with Gasteiger partial charge in [-0.2, -0.15) is 0 Å². The number of carbonyl (C=O) groups is 1. The summed E-state index contributed by atoms with van der Waals surface area (Å²) in [5.74, 6) is 2.14. The van der Waals surface area contributed by atoms with Gasteiger partial charge in [-0.15, -0.1) is 0 Å². The third-order valence-electron chi connectivity index (χ3n) is 6.19. The number of nitrogens with zero attached hydrogens (tertiary/aromatic N) is 3. The van der Waals surface area contributed by atoms with E-state index in [1.165, 1.54) is 11.1 Å². The van der Waals surface area contributed by atoms with Crippen molar-refractivity contribution in [2.24, 2.45) is 0 Å². The number of aromatic nitrogens is 3. The standard InChI is InChI=1S/C29H34N4O2/c1-20(2)24-12-11-21(3)19-27(24)35-18-8-7-17-33-26-10-6-5-9-25(26)32-28(33)22(4)31-29(34)23-13-15-30-16-14-23/h5-6,9-16,19-20,22H,7-8,17-18H2,1-4H3,(H,31,34). The van der Waals surface area contributed by atoms with Crippen molar-refractivity contribution in [3.8, 4) is 5.75 Å². The highest BCUT2D eigenvalue weighted by Gasteiger charge is 2.19. The first-order chi connectivity index (χ1) is 16.9. The van der Waals surface area contributed by atoms with Gasteiger partial charge in [-0.3, -0.25) is 9.78 Å². The summed E-state index contributed by atoms with van der Waals surface area (Å²) in [4.78, 5) is 21.5. The molecule has 1 unspecified atom stereocenters. The van der Waals surface area contributed by atoms with Crippen molar-refractivity contribution < 1.29 is 9.53 Å². The van der Waals surface area contributed by atoms with Crippen LogP contribution in [0.1, 0.15) is 72.9 Å². The summed E-state index contributed by atoms with van der Waals surface area (Å²) in [7, 11) is 0. The zero-order valence-corrected chi connectivity index (χ0v) is 21.0. The molecule has 0 bridgehead atoms. The lowest BCUT2D eigenvalue weighted by molar-refractivity contribution is 0.0937. The van der Waals surface area contributed by atoms with Gasteiger partial charge >= 0.3 is 0 Å². The first kappa shape index (κ1) is 24.5. The predicted molar refractivity (Wildman–Crippen MR) is 140 cm³/mol. The Labute approximate surface area is 207 Å². The predicted octanol–water partition coefficient (Wildman–Crippen LogP) is 6.21. The van der Waals surface area contributed by atoms with Crippen LogP contribution in [-0.4, -0.2) is 27.0 Å². The van der Waals surface area contributed by atoms with Crippen molar-refractivity contribution in [3.05, 3.63) is 89.5 Å². The van der Waals surface area contributed by atoms with Gasteiger partial charge < -0.3 is 14.6 Å². The Morgan fingerprint density at radius 1 is 1.03 bits per heavy atom. The van der Waals surface area contributed by atoms with Crippen LogP contribution in [0.3, 0.4) is 0 Å². The molecule has 4 rings (SSSR count). The highest BCUT2D eigenvalue weighted by Crippen LogP contribution is 2.28. The fourth-order valence-electron chi connectivity index (χ4n) is 4.31. The first-order valence-electron chi connectivity index (χ1n) is 12.3. The molecule has 182 valence electrons. The molecule has 1 N–H and O–H groups in total. The van der Waals surface area contributed by atoms with Crippen molar-refractivity contribution in [2.75, 3.05) is 6.61 Å². The zero-order chi connectivity index (χ0) is 24.8. The average molecular weight is 471 g/mol. The molecule has 2 heterocycles. The van der Waals surface area contributed by atoms with E-state index in [1.54, 1.807) is 24.5 Å². The minimum absolute atomic E-state index is 0.133. The SMILES string of the molecule is Cc1ccc(C(C)C)c(OCCCCn2c(C(C)NC(=O)c3ccncc3)nc3ccccc32)c1. The second-order valence-corrected chi connectivity index (χ2v) is 9.29. The molecule has 0 saturated carbocycles. The van der Waals surface area contributed by atoms with Gasteiger partial charge in [-0.25, -0.2) is 4.98 Å². The summed E-state index contributed by atoms with van der Waals surface area (Å²) in [6.45, 7) is 9.93. The van der Waals surface area contributed by atoms with Crippen LogP contribution in [0.4, 0.5) is 0 Å². The third kappa shape index (κ3) is 5.88. The highest BCUT2D eigenvalue weighted by atomic mass is 16.5. The molecule has 0 saturated heterocycles. The van der Waals surface area contributed by atoms with Crippen molar-refractivity contribution in [2.45, 2.75) is 59.0 Å². The van der Waals surface area contributed by atoms with Crippen molar-refractivity contribution >= 4 is 16.9 Å². The normalized spacial score (nSPS) is 12.1. The van der Waals surface area contributed by atoms with Gasteiger partial charge in [0.05, 0.1) is 23.7 Å². The number of hydrogen-bond donors (Lipinski definition) is 1. The molecule has 0 radical (unpaired) electrons. The monoisotopic (exact) mass is 470 g/mol. The second kappa shape index (κ2) is 11.2. The number of nitrogens with one attached hydrogen (secondary N) is 1. The Hall–Kier alpha value is -3.67. The average Bonchev–Trinajstić information content (AvgIpc) is 3.23. The molecular formula is C29H34N4O2. The number of rotatable bonds is 10. The fourth-order valence-corrected chi connectivity index (χ4v) is 4.31. The van der Waals surface area contributed by atoms with Crippen LogP contribution in [0, 0.1) is 6.92 Å². The number of ether oxygens (including phenoxy) is 1. The number of carbonyl (C=O) groups excluding carboxylic acids is 1. The largest absolute Gasteiger partial charge is 0.493 e. The second-order valence-electron chi connectivity index (χ2n) is 9.29. The van der Waals surface area contributed by atoms with Gasteiger partial charge in [0.1, 0.15) is 11.6 Å². The number of pyridine rings is 1. The van der Waals surface area contributed by atoms with E-state index in [2.05, 4.69) is 59.9 Å². The molecule has 0 aliphatic heterocycles. The number of benzene rings is 2. The number of hydrogen-bond acceptors (Lipinski definition) is 4. The van der Waals surface area contributed by atoms with Gasteiger partial charge in [0.25, 0.3) is 5.91 Å².